The fourth-order valence-corrected chi connectivity index (χ4v) is 1.58. The Balaban J connectivity index is 3.50. The van der Waals surface area contributed by atoms with Gasteiger partial charge in [-0.25, -0.2) is 4.39 Å². The normalized spacial score (nSPS) is 9.77. The van der Waals surface area contributed by atoms with E-state index in [1.807, 2.05) is 19.9 Å². The molecule has 1 aromatic carbocycles. The van der Waals surface area contributed by atoms with Crippen LogP contribution in [0.15, 0.2) is 6.07 Å². The highest BCUT2D eigenvalue weighted by Crippen LogP contribution is 2.21. The molecule has 0 unspecified atom stereocenters. The Morgan fingerprint density at radius 2 is 2.00 bits per heavy atom. The van der Waals surface area contributed by atoms with E-state index in [-0.39, 0.29) is 5.82 Å². The summed E-state index contributed by atoms with van der Waals surface area (Å²) < 4.78 is 13.2. The van der Waals surface area contributed by atoms with Crippen molar-refractivity contribution in [2.75, 3.05) is 0 Å². The first-order valence-electron chi connectivity index (χ1n) is 4.30. The topological polar surface area (TPSA) is 23.8 Å². The van der Waals surface area contributed by atoms with Crippen LogP contribution in [0.25, 0.3) is 0 Å². The van der Waals surface area contributed by atoms with Gasteiger partial charge in [0.2, 0.25) is 0 Å². The van der Waals surface area contributed by atoms with Gasteiger partial charge >= 0.3 is 0 Å². The van der Waals surface area contributed by atoms with E-state index in [9.17, 15) is 4.39 Å². The first-order chi connectivity index (χ1) is 6.11. The molecule has 1 rings (SSSR count). The SMILES string of the molecule is CCc1c(C)c(F)cc(C#N)c1C. The predicted octanol–water partition coefficient (Wildman–Crippen LogP) is 2.88. The van der Waals surface area contributed by atoms with Crippen LogP contribution in [0.3, 0.4) is 0 Å². The molecule has 0 aliphatic carbocycles. The van der Waals surface area contributed by atoms with E-state index < -0.39 is 0 Å². The van der Waals surface area contributed by atoms with Gasteiger partial charge in [0.15, 0.2) is 0 Å². The van der Waals surface area contributed by atoms with E-state index in [2.05, 4.69) is 0 Å². The molecule has 0 radical (unpaired) electrons. The Kier molecular flexibility index (Phi) is 2.67. The molecular weight excluding hydrogens is 165 g/mol. The zero-order valence-electron chi connectivity index (χ0n) is 8.11. The number of nitrogens with zero attached hydrogens (tertiary/aromatic N) is 1. The summed E-state index contributed by atoms with van der Waals surface area (Å²) in [6.07, 6.45) is 0.768. The van der Waals surface area contributed by atoms with Crippen LogP contribution in [0.5, 0.6) is 0 Å². The second kappa shape index (κ2) is 3.57. The Morgan fingerprint density at radius 3 is 2.46 bits per heavy atom. The smallest absolute Gasteiger partial charge is 0.127 e. The molecule has 0 saturated heterocycles. The predicted molar refractivity (Wildman–Crippen MR) is 50.0 cm³/mol. The van der Waals surface area contributed by atoms with Gasteiger partial charge in [0, 0.05) is 0 Å². The van der Waals surface area contributed by atoms with Crippen LogP contribution in [0.1, 0.15) is 29.2 Å². The van der Waals surface area contributed by atoms with Gasteiger partial charge in [-0.15, -0.1) is 0 Å². The third-order valence-corrected chi connectivity index (χ3v) is 2.41. The third kappa shape index (κ3) is 1.55. The van der Waals surface area contributed by atoms with Gasteiger partial charge in [-0.1, -0.05) is 6.92 Å². The number of benzene rings is 1. The van der Waals surface area contributed by atoms with Gasteiger partial charge in [0.05, 0.1) is 11.6 Å². The fraction of sp³-hybridized carbons (Fsp3) is 0.364. The molecule has 0 amide bonds. The van der Waals surface area contributed by atoms with Crippen molar-refractivity contribution < 1.29 is 4.39 Å². The summed E-state index contributed by atoms with van der Waals surface area (Å²) in [5, 5.41) is 8.74. The van der Waals surface area contributed by atoms with Crippen molar-refractivity contribution in [3.8, 4) is 6.07 Å². The van der Waals surface area contributed by atoms with Crippen molar-refractivity contribution in [3.63, 3.8) is 0 Å². The molecule has 0 N–H and O–H groups in total. The molecule has 0 aliphatic rings. The average Bonchev–Trinajstić information content (AvgIpc) is 2.12. The van der Waals surface area contributed by atoms with Crippen LogP contribution in [-0.2, 0) is 6.42 Å². The van der Waals surface area contributed by atoms with Gasteiger partial charge in [0.1, 0.15) is 5.82 Å². The molecule has 0 aliphatic heterocycles. The number of hydrogen-bond acceptors (Lipinski definition) is 1. The van der Waals surface area contributed by atoms with E-state index in [1.165, 1.54) is 6.07 Å². The average molecular weight is 177 g/mol. The van der Waals surface area contributed by atoms with Crippen molar-refractivity contribution >= 4 is 0 Å². The van der Waals surface area contributed by atoms with Gasteiger partial charge in [-0.05, 0) is 43.0 Å². The molecule has 0 fully saturated rings. The molecule has 0 aromatic heterocycles. The molecular formula is C11H12FN. The minimum atomic E-state index is -0.279. The molecule has 0 saturated carbocycles. The second-order valence-corrected chi connectivity index (χ2v) is 3.10. The quantitative estimate of drug-likeness (QED) is 0.647. The zero-order chi connectivity index (χ0) is 10.0. The molecule has 2 heteroatoms. The highest BCUT2D eigenvalue weighted by Gasteiger charge is 2.10. The third-order valence-electron chi connectivity index (χ3n) is 2.41. The molecule has 13 heavy (non-hydrogen) atoms. The minimum absolute atomic E-state index is 0.279. The summed E-state index contributed by atoms with van der Waals surface area (Å²) in [5.41, 5.74) is 2.97. The fourth-order valence-electron chi connectivity index (χ4n) is 1.58. The van der Waals surface area contributed by atoms with Crippen LogP contribution < -0.4 is 0 Å². The van der Waals surface area contributed by atoms with Crippen LogP contribution in [0, 0.1) is 31.0 Å². The van der Waals surface area contributed by atoms with Crippen LogP contribution in [-0.4, -0.2) is 0 Å². The number of hydrogen-bond donors (Lipinski definition) is 0. The number of halogens is 1. The first-order valence-corrected chi connectivity index (χ1v) is 4.30. The van der Waals surface area contributed by atoms with Crippen molar-refractivity contribution in [1.82, 2.24) is 0 Å². The molecule has 0 heterocycles. The van der Waals surface area contributed by atoms with E-state index >= 15 is 0 Å². The Hall–Kier alpha value is -1.36. The molecule has 68 valence electrons. The highest BCUT2D eigenvalue weighted by molar-refractivity contribution is 5.46. The molecule has 0 spiro atoms. The van der Waals surface area contributed by atoms with Crippen molar-refractivity contribution in [2.45, 2.75) is 27.2 Å². The van der Waals surface area contributed by atoms with Gasteiger partial charge < -0.3 is 0 Å². The minimum Gasteiger partial charge on any atom is -0.207 e. The summed E-state index contributed by atoms with van der Waals surface area (Å²) in [4.78, 5) is 0. The molecule has 0 atom stereocenters. The maximum Gasteiger partial charge on any atom is 0.127 e. The van der Waals surface area contributed by atoms with Crippen LogP contribution >= 0.6 is 0 Å². The van der Waals surface area contributed by atoms with E-state index in [4.69, 9.17) is 5.26 Å². The Labute approximate surface area is 77.8 Å². The lowest BCUT2D eigenvalue weighted by Gasteiger charge is -2.09. The van der Waals surface area contributed by atoms with E-state index in [0.29, 0.717) is 11.1 Å². The van der Waals surface area contributed by atoms with Crippen LogP contribution in [0.4, 0.5) is 4.39 Å². The van der Waals surface area contributed by atoms with Crippen molar-refractivity contribution in [3.05, 3.63) is 34.1 Å². The lowest BCUT2D eigenvalue weighted by Crippen LogP contribution is -1.98. The molecule has 1 nitrogen and oxygen atoms in total. The number of rotatable bonds is 1. The van der Waals surface area contributed by atoms with E-state index in [0.717, 1.165) is 17.5 Å². The zero-order valence-corrected chi connectivity index (χ0v) is 8.11. The largest absolute Gasteiger partial charge is 0.207 e. The lowest BCUT2D eigenvalue weighted by molar-refractivity contribution is 0.614. The van der Waals surface area contributed by atoms with Crippen molar-refractivity contribution in [1.29, 1.82) is 5.26 Å². The standard InChI is InChI=1S/C11H12FN/c1-4-10-7(2)9(6-13)5-11(12)8(10)3/h5H,4H2,1-3H3. The summed E-state index contributed by atoms with van der Waals surface area (Å²) >= 11 is 0. The maximum atomic E-state index is 13.2. The second-order valence-electron chi connectivity index (χ2n) is 3.10. The van der Waals surface area contributed by atoms with Gasteiger partial charge in [0.25, 0.3) is 0 Å². The van der Waals surface area contributed by atoms with Gasteiger partial charge in [-0.3, -0.25) is 0 Å². The van der Waals surface area contributed by atoms with Crippen molar-refractivity contribution in [2.24, 2.45) is 0 Å². The Morgan fingerprint density at radius 1 is 1.38 bits per heavy atom. The number of nitriles is 1. The summed E-state index contributed by atoms with van der Waals surface area (Å²) in [7, 11) is 0. The van der Waals surface area contributed by atoms with Gasteiger partial charge in [-0.2, -0.15) is 5.26 Å². The highest BCUT2D eigenvalue weighted by atomic mass is 19.1. The lowest BCUT2D eigenvalue weighted by atomic mass is 9.96. The Bertz CT molecular complexity index is 375. The van der Waals surface area contributed by atoms with E-state index in [1.54, 1.807) is 6.92 Å². The summed E-state index contributed by atoms with van der Waals surface area (Å²) in [5.74, 6) is -0.279. The van der Waals surface area contributed by atoms with Crippen LogP contribution in [0.2, 0.25) is 0 Å². The summed E-state index contributed by atoms with van der Waals surface area (Å²) in [6, 6.07) is 3.31. The summed E-state index contributed by atoms with van der Waals surface area (Å²) in [6.45, 7) is 5.59. The monoisotopic (exact) mass is 177 g/mol. The first kappa shape index (κ1) is 9.73. The molecule has 1 aromatic rings. The molecule has 0 bridgehead atoms. The maximum absolute atomic E-state index is 13.2.